The van der Waals surface area contributed by atoms with Crippen molar-refractivity contribution >= 4 is 27.5 Å². The molecular weight excluding hydrogens is 342 g/mol. The zero-order chi connectivity index (χ0) is 17.0. The molecule has 1 fully saturated rings. The Hall–Kier alpha value is -1.35. The van der Waals surface area contributed by atoms with Crippen LogP contribution in [-0.4, -0.2) is 71.0 Å². The number of hydrogen-bond donors (Lipinski definition) is 1. The second kappa shape index (κ2) is 7.48. The van der Waals surface area contributed by atoms with Gasteiger partial charge in [-0.25, -0.2) is 13.1 Å². The van der Waals surface area contributed by atoms with Crippen molar-refractivity contribution < 1.29 is 17.9 Å². The first-order valence-electron chi connectivity index (χ1n) is 7.13. The molecule has 0 aliphatic carbocycles. The van der Waals surface area contributed by atoms with E-state index in [1.807, 2.05) is 7.05 Å². The molecule has 1 saturated heterocycles. The van der Waals surface area contributed by atoms with Gasteiger partial charge in [0.25, 0.3) is 0 Å². The number of ether oxygens (including phenoxy) is 1. The van der Waals surface area contributed by atoms with Crippen molar-refractivity contribution in [2.45, 2.75) is 4.90 Å². The van der Waals surface area contributed by atoms with Gasteiger partial charge in [0.2, 0.25) is 15.9 Å². The number of benzene rings is 1. The zero-order valence-electron chi connectivity index (χ0n) is 13.1. The van der Waals surface area contributed by atoms with Crippen molar-refractivity contribution in [2.24, 2.45) is 0 Å². The molecule has 1 aliphatic heterocycles. The van der Waals surface area contributed by atoms with Gasteiger partial charge >= 0.3 is 0 Å². The third-order valence-electron chi connectivity index (χ3n) is 3.68. The molecule has 0 spiro atoms. The van der Waals surface area contributed by atoms with E-state index in [9.17, 15) is 13.2 Å². The van der Waals surface area contributed by atoms with Crippen molar-refractivity contribution in [3.8, 4) is 5.75 Å². The third kappa shape index (κ3) is 4.57. The molecule has 0 aromatic heterocycles. The van der Waals surface area contributed by atoms with E-state index in [1.165, 1.54) is 25.3 Å². The van der Waals surface area contributed by atoms with Crippen LogP contribution in [0, 0.1) is 0 Å². The van der Waals surface area contributed by atoms with Gasteiger partial charge < -0.3 is 14.5 Å². The Bertz CT molecular complexity index is 673. The Balaban J connectivity index is 2.04. The highest BCUT2D eigenvalue weighted by Gasteiger charge is 2.24. The fourth-order valence-electron chi connectivity index (χ4n) is 2.26. The van der Waals surface area contributed by atoms with E-state index >= 15 is 0 Å². The summed E-state index contributed by atoms with van der Waals surface area (Å²) in [6, 6.07) is 4.30. The van der Waals surface area contributed by atoms with Crippen LogP contribution in [0.2, 0.25) is 5.02 Å². The van der Waals surface area contributed by atoms with Gasteiger partial charge in [0.05, 0.1) is 13.7 Å². The first kappa shape index (κ1) is 18.0. The number of likely N-dealkylation sites (N-methyl/N-ethyl adjacent to an activating group) is 1. The number of methoxy groups -OCH3 is 1. The summed E-state index contributed by atoms with van der Waals surface area (Å²) < 4.78 is 32.1. The molecule has 128 valence electrons. The highest BCUT2D eigenvalue weighted by atomic mass is 35.5. The molecule has 1 aromatic rings. The number of carbonyl (C=O) groups excluding carboxylic acids is 1. The predicted molar refractivity (Wildman–Crippen MR) is 87.3 cm³/mol. The van der Waals surface area contributed by atoms with E-state index < -0.39 is 10.0 Å². The van der Waals surface area contributed by atoms with Crippen molar-refractivity contribution in [1.82, 2.24) is 14.5 Å². The van der Waals surface area contributed by atoms with Crippen LogP contribution in [0.1, 0.15) is 0 Å². The summed E-state index contributed by atoms with van der Waals surface area (Å²) in [4.78, 5) is 15.8. The summed E-state index contributed by atoms with van der Waals surface area (Å²) in [6.07, 6.45) is 0. The number of rotatable bonds is 5. The van der Waals surface area contributed by atoms with Crippen LogP contribution in [0.5, 0.6) is 5.75 Å². The summed E-state index contributed by atoms with van der Waals surface area (Å²) >= 11 is 5.85. The van der Waals surface area contributed by atoms with E-state index in [4.69, 9.17) is 16.3 Å². The van der Waals surface area contributed by atoms with Crippen molar-refractivity contribution in [3.05, 3.63) is 23.2 Å². The average molecular weight is 362 g/mol. The van der Waals surface area contributed by atoms with Gasteiger partial charge in [0.1, 0.15) is 10.6 Å². The van der Waals surface area contributed by atoms with Crippen molar-refractivity contribution in [3.63, 3.8) is 0 Å². The topological polar surface area (TPSA) is 78.9 Å². The van der Waals surface area contributed by atoms with Crippen LogP contribution < -0.4 is 9.46 Å². The van der Waals surface area contributed by atoms with Gasteiger partial charge in [-0.2, -0.15) is 0 Å². The molecule has 2 rings (SSSR count). The highest BCUT2D eigenvalue weighted by molar-refractivity contribution is 7.89. The van der Waals surface area contributed by atoms with Gasteiger partial charge in [-0.1, -0.05) is 11.6 Å². The maximum absolute atomic E-state index is 12.4. The smallest absolute Gasteiger partial charge is 0.244 e. The van der Waals surface area contributed by atoms with E-state index in [1.54, 1.807) is 4.90 Å². The monoisotopic (exact) mass is 361 g/mol. The van der Waals surface area contributed by atoms with E-state index in [2.05, 4.69) is 9.62 Å². The summed E-state index contributed by atoms with van der Waals surface area (Å²) in [7, 11) is -0.533. The Morgan fingerprint density at radius 1 is 1.30 bits per heavy atom. The van der Waals surface area contributed by atoms with Crippen LogP contribution in [0.25, 0.3) is 0 Å². The predicted octanol–water partition coefficient (Wildman–Crippen LogP) is 0.401. The lowest BCUT2D eigenvalue weighted by Crippen LogP contribution is -2.50. The van der Waals surface area contributed by atoms with Crippen LogP contribution >= 0.6 is 11.6 Å². The van der Waals surface area contributed by atoms with E-state index in [-0.39, 0.29) is 28.1 Å². The normalized spacial score (nSPS) is 16.4. The Morgan fingerprint density at radius 3 is 2.57 bits per heavy atom. The number of sulfonamides is 1. The molecule has 1 heterocycles. The van der Waals surface area contributed by atoms with E-state index in [0.717, 1.165) is 13.1 Å². The Labute approximate surface area is 141 Å². The minimum absolute atomic E-state index is 0.0846. The van der Waals surface area contributed by atoms with Crippen LogP contribution in [0.4, 0.5) is 0 Å². The molecule has 1 amide bonds. The molecule has 0 radical (unpaired) electrons. The van der Waals surface area contributed by atoms with E-state index in [0.29, 0.717) is 13.1 Å². The summed E-state index contributed by atoms with van der Waals surface area (Å²) in [5, 5.41) is 0.275. The van der Waals surface area contributed by atoms with Gasteiger partial charge in [-0.3, -0.25) is 4.79 Å². The summed E-state index contributed by atoms with van der Waals surface area (Å²) in [6.45, 7) is 2.46. The minimum atomic E-state index is -3.89. The number of carbonyl (C=O) groups is 1. The number of hydrogen-bond acceptors (Lipinski definition) is 5. The van der Waals surface area contributed by atoms with Crippen molar-refractivity contribution in [2.75, 3.05) is 46.9 Å². The molecule has 0 bridgehead atoms. The van der Waals surface area contributed by atoms with Crippen molar-refractivity contribution in [1.29, 1.82) is 0 Å². The maximum atomic E-state index is 12.4. The fourth-order valence-corrected chi connectivity index (χ4v) is 3.67. The molecule has 7 nitrogen and oxygen atoms in total. The molecule has 1 aliphatic rings. The minimum Gasteiger partial charge on any atom is -0.495 e. The lowest BCUT2D eigenvalue weighted by molar-refractivity contribution is -0.131. The number of nitrogens with one attached hydrogen (secondary N) is 1. The largest absolute Gasteiger partial charge is 0.495 e. The highest BCUT2D eigenvalue weighted by Crippen LogP contribution is 2.26. The molecule has 0 saturated carbocycles. The molecule has 23 heavy (non-hydrogen) atoms. The Kier molecular flexibility index (Phi) is 5.85. The zero-order valence-corrected chi connectivity index (χ0v) is 14.7. The lowest BCUT2D eigenvalue weighted by atomic mass is 10.3. The summed E-state index contributed by atoms with van der Waals surface area (Å²) in [5.74, 6) is -0.0726. The SMILES string of the molecule is COc1ccc(Cl)cc1S(=O)(=O)NCC(=O)N1CCN(C)CC1. The number of piperazine rings is 1. The standard InChI is InChI=1S/C14H20ClN3O4S/c1-17-5-7-18(8-6-17)14(19)10-16-23(20,21)13-9-11(15)3-4-12(13)22-2/h3-4,9,16H,5-8,10H2,1-2H3. The molecule has 0 atom stereocenters. The fraction of sp³-hybridized carbons (Fsp3) is 0.500. The number of amides is 1. The first-order chi connectivity index (χ1) is 10.8. The number of nitrogens with zero attached hydrogens (tertiary/aromatic N) is 2. The average Bonchev–Trinajstić information content (AvgIpc) is 2.53. The quantitative estimate of drug-likeness (QED) is 0.821. The van der Waals surface area contributed by atoms with Crippen LogP contribution in [0.3, 0.4) is 0 Å². The molecule has 1 aromatic carbocycles. The molecule has 1 N–H and O–H groups in total. The molecule has 9 heteroatoms. The second-order valence-electron chi connectivity index (χ2n) is 5.30. The van der Waals surface area contributed by atoms with Crippen LogP contribution in [-0.2, 0) is 14.8 Å². The first-order valence-corrected chi connectivity index (χ1v) is 8.99. The second-order valence-corrected chi connectivity index (χ2v) is 7.48. The van der Waals surface area contributed by atoms with Gasteiger partial charge in [-0.15, -0.1) is 0 Å². The van der Waals surface area contributed by atoms with Crippen LogP contribution in [0.15, 0.2) is 23.1 Å². The third-order valence-corrected chi connectivity index (χ3v) is 5.34. The summed E-state index contributed by atoms with van der Waals surface area (Å²) in [5.41, 5.74) is 0. The molecular formula is C14H20ClN3O4S. The van der Waals surface area contributed by atoms with Gasteiger partial charge in [0.15, 0.2) is 0 Å². The number of halogens is 1. The van der Waals surface area contributed by atoms with Gasteiger partial charge in [-0.05, 0) is 25.2 Å². The molecule has 0 unspecified atom stereocenters. The lowest BCUT2D eigenvalue weighted by Gasteiger charge is -2.32. The van der Waals surface area contributed by atoms with Gasteiger partial charge in [0, 0.05) is 31.2 Å². The maximum Gasteiger partial charge on any atom is 0.244 e. The Morgan fingerprint density at radius 2 is 1.96 bits per heavy atom.